The zero-order valence-corrected chi connectivity index (χ0v) is 21.5. The molecule has 194 valence electrons. The van der Waals surface area contributed by atoms with Crippen LogP contribution in [-0.4, -0.2) is 103 Å². The van der Waals surface area contributed by atoms with Gasteiger partial charge < -0.3 is 20.0 Å². The number of carbonyl (C=O) groups excluding carboxylic acids is 4. The molecule has 0 spiro atoms. The lowest BCUT2D eigenvalue weighted by Gasteiger charge is -2.29. The van der Waals surface area contributed by atoms with E-state index in [1.807, 2.05) is 13.8 Å². The van der Waals surface area contributed by atoms with Crippen LogP contribution in [0, 0.1) is 0 Å². The summed E-state index contributed by atoms with van der Waals surface area (Å²) in [5, 5.41) is 19.9. The van der Waals surface area contributed by atoms with Gasteiger partial charge in [-0.15, -0.1) is 0 Å². The molecule has 0 saturated carbocycles. The molecule has 0 aromatic carbocycles. The normalized spacial score (nSPS) is 21.8. The van der Waals surface area contributed by atoms with Crippen LogP contribution in [0.3, 0.4) is 0 Å². The van der Waals surface area contributed by atoms with Crippen LogP contribution in [0.2, 0.25) is 0 Å². The summed E-state index contributed by atoms with van der Waals surface area (Å²) < 4.78 is 0. The highest BCUT2D eigenvalue weighted by Gasteiger charge is 2.52. The number of carbonyl (C=O) groups is 4. The van der Waals surface area contributed by atoms with Gasteiger partial charge >= 0.3 is 12.1 Å². The Hall–Kier alpha value is -2.20. The Labute approximate surface area is 202 Å². The molecule has 2 aliphatic rings. The Balaban J connectivity index is 1.81. The van der Waals surface area contributed by atoms with Crippen LogP contribution < -0.4 is 0 Å². The first-order valence-corrected chi connectivity index (χ1v) is 12.4. The molecule has 0 aromatic rings. The van der Waals surface area contributed by atoms with Gasteiger partial charge in [-0.05, 0) is 53.4 Å². The van der Waals surface area contributed by atoms with Gasteiger partial charge in [0.1, 0.15) is 11.1 Å². The van der Waals surface area contributed by atoms with Gasteiger partial charge in [-0.2, -0.15) is 0 Å². The number of hydrogen-bond donors (Lipinski definition) is 2. The number of aliphatic hydroxyl groups excluding tert-OH is 2. The van der Waals surface area contributed by atoms with Crippen LogP contribution in [0.5, 0.6) is 0 Å². The molecule has 2 saturated heterocycles. The fourth-order valence-corrected chi connectivity index (χ4v) is 4.41. The molecule has 2 unspecified atom stereocenters. The third-order valence-electron chi connectivity index (χ3n) is 7.05. The van der Waals surface area contributed by atoms with Crippen molar-refractivity contribution in [3.05, 3.63) is 0 Å². The molecule has 10 heteroatoms. The van der Waals surface area contributed by atoms with Crippen molar-refractivity contribution in [1.82, 2.24) is 19.6 Å². The molecule has 2 heterocycles. The molecule has 2 atom stereocenters. The maximum Gasteiger partial charge on any atom is 0.327 e. The SMILES string of the molecule is CCC(O)CN1C(=O)N(CCCCCCN2C(=O)N(CC(O)CC)C(C)(C)C2=O)C(=O)C1(C)C. The molecular formula is C24H42N4O6. The highest BCUT2D eigenvalue weighted by Crippen LogP contribution is 2.30. The van der Waals surface area contributed by atoms with E-state index in [1.54, 1.807) is 27.7 Å². The first kappa shape index (κ1) is 28.0. The number of hydrogen-bond acceptors (Lipinski definition) is 6. The quantitative estimate of drug-likeness (QED) is 0.307. The zero-order valence-electron chi connectivity index (χ0n) is 21.5. The molecule has 0 bridgehead atoms. The summed E-state index contributed by atoms with van der Waals surface area (Å²) in [5.74, 6) is -0.517. The van der Waals surface area contributed by atoms with Crippen molar-refractivity contribution in [3.8, 4) is 0 Å². The van der Waals surface area contributed by atoms with Gasteiger partial charge in [0.15, 0.2) is 0 Å². The standard InChI is InChI=1S/C24H42N4O6/c1-7-17(29)15-27-21(33)25(19(31)23(27,3)4)13-11-9-10-12-14-26-20(32)24(5,6)28(22(26)34)16-18(30)8-2/h17-18,29-30H,7-16H2,1-6H3. The third kappa shape index (κ3) is 5.54. The fourth-order valence-electron chi connectivity index (χ4n) is 4.41. The molecule has 34 heavy (non-hydrogen) atoms. The van der Waals surface area contributed by atoms with E-state index < -0.39 is 23.3 Å². The number of nitrogens with zero attached hydrogens (tertiary/aromatic N) is 4. The van der Waals surface area contributed by atoms with Crippen molar-refractivity contribution in [2.45, 2.75) is 103 Å². The average molecular weight is 483 g/mol. The van der Waals surface area contributed by atoms with Crippen molar-refractivity contribution in [1.29, 1.82) is 0 Å². The van der Waals surface area contributed by atoms with Crippen LogP contribution in [0.4, 0.5) is 9.59 Å². The van der Waals surface area contributed by atoms with E-state index >= 15 is 0 Å². The smallest absolute Gasteiger partial charge is 0.327 e. The lowest BCUT2D eigenvalue weighted by molar-refractivity contribution is -0.133. The summed E-state index contributed by atoms with van der Waals surface area (Å²) in [6.07, 6.45) is 2.41. The van der Waals surface area contributed by atoms with Crippen LogP contribution >= 0.6 is 0 Å². The van der Waals surface area contributed by atoms with Gasteiger partial charge in [0, 0.05) is 26.2 Å². The van der Waals surface area contributed by atoms with Crippen molar-refractivity contribution in [2.75, 3.05) is 26.2 Å². The summed E-state index contributed by atoms with van der Waals surface area (Å²) in [7, 11) is 0. The van der Waals surface area contributed by atoms with Gasteiger partial charge in [0.05, 0.1) is 12.2 Å². The molecule has 10 nitrogen and oxygen atoms in total. The number of urea groups is 2. The lowest BCUT2D eigenvalue weighted by atomic mass is 10.0. The monoisotopic (exact) mass is 482 g/mol. The molecule has 2 N–H and O–H groups in total. The summed E-state index contributed by atoms with van der Waals surface area (Å²) >= 11 is 0. The van der Waals surface area contributed by atoms with E-state index in [4.69, 9.17) is 0 Å². The Kier molecular flexibility index (Phi) is 9.10. The van der Waals surface area contributed by atoms with Crippen LogP contribution in [-0.2, 0) is 9.59 Å². The molecular weight excluding hydrogens is 440 g/mol. The maximum atomic E-state index is 12.8. The molecule has 0 radical (unpaired) electrons. The second kappa shape index (κ2) is 11.0. The van der Waals surface area contributed by atoms with E-state index in [0.717, 1.165) is 12.8 Å². The van der Waals surface area contributed by atoms with Crippen molar-refractivity contribution in [3.63, 3.8) is 0 Å². The van der Waals surface area contributed by atoms with Gasteiger partial charge in [-0.25, -0.2) is 9.59 Å². The Morgan fingerprint density at radius 2 is 0.971 bits per heavy atom. The summed E-state index contributed by atoms with van der Waals surface area (Å²) in [6, 6.07) is -0.736. The highest BCUT2D eigenvalue weighted by atomic mass is 16.3. The zero-order chi connectivity index (χ0) is 25.8. The summed E-state index contributed by atoms with van der Waals surface area (Å²) in [6.45, 7) is 11.3. The third-order valence-corrected chi connectivity index (χ3v) is 7.05. The number of amides is 6. The number of unbranched alkanes of at least 4 members (excludes halogenated alkanes) is 3. The first-order chi connectivity index (χ1) is 15.8. The van der Waals surface area contributed by atoms with Crippen molar-refractivity contribution >= 4 is 23.9 Å². The predicted octanol–water partition coefficient (Wildman–Crippen LogP) is 2.17. The van der Waals surface area contributed by atoms with Gasteiger partial charge in [0.2, 0.25) is 0 Å². The van der Waals surface area contributed by atoms with E-state index in [1.165, 1.54) is 19.6 Å². The van der Waals surface area contributed by atoms with Crippen LogP contribution in [0.25, 0.3) is 0 Å². The van der Waals surface area contributed by atoms with E-state index in [9.17, 15) is 29.4 Å². The molecule has 2 fully saturated rings. The first-order valence-electron chi connectivity index (χ1n) is 12.4. The van der Waals surface area contributed by atoms with Gasteiger partial charge in [-0.3, -0.25) is 19.4 Å². The molecule has 2 aliphatic heterocycles. The van der Waals surface area contributed by atoms with E-state index in [2.05, 4.69) is 0 Å². The van der Waals surface area contributed by atoms with Gasteiger partial charge in [0.25, 0.3) is 11.8 Å². The molecule has 2 rings (SSSR count). The minimum Gasteiger partial charge on any atom is -0.391 e. The number of imide groups is 2. The largest absolute Gasteiger partial charge is 0.391 e. The number of aliphatic hydroxyl groups is 2. The minimum atomic E-state index is -0.978. The van der Waals surface area contributed by atoms with Crippen molar-refractivity contribution < 1.29 is 29.4 Å². The Morgan fingerprint density at radius 3 is 1.26 bits per heavy atom. The Bertz CT molecular complexity index is 719. The average Bonchev–Trinajstić information content (AvgIpc) is 3.04. The molecule has 0 aromatic heterocycles. The van der Waals surface area contributed by atoms with Crippen molar-refractivity contribution in [2.24, 2.45) is 0 Å². The lowest BCUT2D eigenvalue weighted by Crippen LogP contribution is -2.47. The van der Waals surface area contributed by atoms with Crippen LogP contribution in [0.15, 0.2) is 0 Å². The Morgan fingerprint density at radius 1 is 0.647 bits per heavy atom. The summed E-state index contributed by atoms with van der Waals surface area (Å²) in [4.78, 5) is 56.4. The topological polar surface area (TPSA) is 122 Å². The number of β-amino-alcohol motifs (C(OH)–C–C–N with tert-alkyl or cyclic N) is 2. The highest BCUT2D eigenvalue weighted by molar-refractivity contribution is 6.07. The predicted molar refractivity (Wildman–Crippen MR) is 127 cm³/mol. The minimum absolute atomic E-state index is 0.130. The fraction of sp³-hybridized carbons (Fsp3) is 0.833. The molecule has 6 amide bonds. The van der Waals surface area contributed by atoms with E-state index in [0.29, 0.717) is 38.8 Å². The summed E-state index contributed by atoms with van der Waals surface area (Å²) in [5.41, 5.74) is -1.96. The van der Waals surface area contributed by atoms with Crippen LogP contribution in [0.1, 0.15) is 80.1 Å². The number of rotatable bonds is 13. The maximum absolute atomic E-state index is 12.8. The molecule has 0 aliphatic carbocycles. The second-order valence-corrected chi connectivity index (χ2v) is 10.4. The van der Waals surface area contributed by atoms with Gasteiger partial charge in [-0.1, -0.05) is 26.7 Å². The van der Waals surface area contributed by atoms with E-state index in [-0.39, 0.29) is 37.0 Å². The second-order valence-electron chi connectivity index (χ2n) is 10.4.